The van der Waals surface area contributed by atoms with Gasteiger partial charge in [0.15, 0.2) is 0 Å². The number of carbonyl (C=O) groups excluding carboxylic acids is 1. The van der Waals surface area contributed by atoms with Crippen LogP contribution in [0.3, 0.4) is 0 Å². The Morgan fingerprint density at radius 3 is 2.59 bits per heavy atom. The summed E-state index contributed by atoms with van der Waals surface area (Å²) in [6.45, 7) is 0. The van der Waals surface area contributed by atoms with Gasteiger partial charge in [0.1, 0.15) is 0 Å². The van der Waals surface area contributed by atoms with E-state index in [2.05, 4.69) is 42.1 Å². The summed E-state index contributed by atoms with van der Waals surface area (Å²) in [4.78, 5) is 12.6. The van der Waals surface area contributed by atoms with Crippen LogP contribution in [-0.4, -0.2) is 31.6 Å². The lowest BCUT2D eigenvalue weighted by molar-refractivity contribution is -0.137. The lowest BCUT2D eigenvalue weighted by atomic mass is 10.1. The van der Waals surface area contributed by atoms with Crippen LogP contribution in [0, 0.1) is 0 Å². The Bertz CT molecular complexity index is 992. The van der Waals surface area contributed by atoms with Gasteiger partial charge in [-0.05, 0) is 46.8 Å². The van der Waals surface area contributed by atoms with Crippen molar-refractivity contribution >= 4 is 33.3 Å². The number of urea groups is 1. The topological polar surface area (TPSA) is 105 Å². The average Bonchev–Trinajstić information content (AvgIpc) is 3.02. The SMILES string of the molecule is O=C(Nc1cccc(C(F)(F)F)c1)Nc1ccc(Br)cc1-c1nnnn1O. The normalized spacial score (nSPS) is 11.3. The average molecular weight is 443 g/mol. The summed E-state index contributed by atoms with van der Waals surface area (Å²) in [6, 6.07) is 8.13. The van der Waals surface area contributed by atoms with Crippen LogP contribution < -0.4 is 10.6 Å². The quantitative estimate of drug-likeness (QED) is 0.531. The zero-order valence-corrected chi connectivity index (χ0v) is 14.8. The van der Waals surface area contributed by atoms with E-state index >= 15 is 0 Å². The molecule has 27 heavy (non-hydrogen) atoms. The van der Waals surface area contributed by atoms with Crippen LogP contribution >= 0.6 is 15.9 Å². The van der Waals surface area contributed by atoms with Gasteiger partial charge < -0.3 is 15.8 Å². The molecule has 8 nitrogen and oxygen atoms in total. The van der Waals surface area contributed by atoms with Crippen molar-refractivity contribution < 1.29 is 23.2 Å². The van der Waals surface area contributed by atoms with Gasteiger partial charge in [0.05, 0.1) is 11.3 Å². The zero-order chi connectivity index (χ0) is 19.6. The molecule has 3 rings (SSSR count). The molecule has 0 bridgehead atoms. The van der Waals surface area contributed by atoms with Crippen LogP contribution in [0.5, 0.6) is 0 Å². The Balaban J connectivity index is 1.82. The van der Waals surface area contributed by atoms with Gasteiger partial charge in [0.2, 0.25) is 5.82 Å². The smallest absolute Gasteiger partial charge is 0.409 e. The molecule has 2 aromatic carbocycles. The standard InChI is InChI=1S/C15H10BrF3N6O2/c16-9-4-5-12(11(7-9)13-22-23-24-25(13)27)21-14(26)20-10-3-1-2-8(6-10)15(17,18)19/h1-7,27H,(H2,20,21,26). The van der Waals surface area contributed by atoms with Crippen molar-refractivity contribution in [3.8, 4) is 11.4 Å². The Kier molecular flexibility index (Phi) is 4.99. The predicted octanol–water partition coefficient (Wildman–Crippen LogP) is 4.00. The van der Waals surface area contributed by atoms with Crippen molar-refractivity contribution in [2.45, 2.75) is 6.18 Å². The van der Waals surface area contributed by atoms with Crippen LogP contribution in [0.1, 0.15) is 5.56 Å². The first-order valence-corrected chi connectivity index (χ1v) is 8.06. The number of nitrogens with one attached hydrogen (secondary N) is 2. The van der Waals surface area contributed by atoms with Crippen molar-refractivity contribution in [2.24, 2.45) is 0 Å². The van der Waals surface area contributed by atoms with Crippen molar-refractivity contribution in [1.29, 1.82) is 0 Å². The Morgan fingerprint density at radius 1 is 1.15 bits per heavy atom. The van der Waals surface area contributed by atoms with E-state index in [0.717, 1.165) is 12.1 Å². The van der Waals surface area contributed by atoms with Gasteiger partial charge in [0, 0.05) is 15.7 Å². The number of hydrogen-bond acceptors (Lipinski definition) is 5. The minimum atomic E-state index is -4.52. The lowest BCUT2D eigenvalue weighted by Crippen LogP contribution is -2.20. The molecule has 0 radical (unpaired) electrons. The number of amides is 2. The number of carbonyl (C=O) groups is 1. The second-order valence-electron chi connectivity index (χ2n) is 5.24. The predicted molar refractivity (Wildman–Crippen MR) is 92.2 cm³/mol. The summed E-state index contributed by atoms with van der Waals surface area (Å²) in [5.74, 6) is -0.0364. The lowest BCUT2D eigenvalue weighted by Gasteiger charge is -2.12. The molecule has 2 amide bonds. The van der Waals surface area contributed by atoms with Gasteiger partial charge in [0.25, 0.3) is 0 Å². The molecule has 3 N–H and O–H groups in total. The molecule has 0 aliphatic carbocycles. The summed E-state index contributed by atoms with van der Waals surface area (Å²) < 4.78 is 38.9. The third kappa shape index (κ3) is 4.34. The van der Waals surface area contributed by atoms with E-state index < -0.39 is 17.8 Å². The molecule has 1 heterocycles. The van der Waals surface area contributed by atoms with Crippen LogP contribution in [0.2, 0.25) is 0 Å². The fraction of sp³-hybridized carbons (Fsp3) is 0.0667. The van der Waals surface area contributed by atoms with Crippen LogP contribution in [0.15, 0.2) is 46.9 Å². The van der Waals surface area contributed by atoms with Crippen LogP contribution in [0.25, 0.3) is 11.4 Å². The number of rotatable bonds is 3. The first-order chi connectivity index (χ1) is 12.7. The molecule has 0 aliphatic rings. The number of benzene rings is 2. The highest BCUT2D eigenvalue weighted by Gasteiger charge is 2.30. The molecular formula is C15H10BrF3N6O2. The van der Waals surface area contributed by atoms with Gasteiger partial charge in [-0.1, -0.05) is 26.8 Å². The summed E-state index contributed by atoms with van der Waals surface area (Å²) in [5.41, 5.74) is -0.402. The Morgan fingerprint density at radius 2 is 1.93 bits per heavy atom. The maximum absolute atomic E-state index is 12.8. The summed E-state index contributed by atoms with van der Waals surface area (Å²) >= 11 is 3.26. The summed E-state index contributed by atoms with van der Waals surface area (Å²) in [5, 5.41) is 24.7. The second kappa shape index (κ2) is 7.23. The van der Waals surface area contributed by atoms with E-state index in [1.165, 1.54) is 18.2 Å². The Labute approximate surface area is 158 Å². The van der Waals surface area contributed by atoms with E-state index in [1.54, 1.807) is 12.1 Å². The third-order valence-corrected chi connectivity index (χ3v) is 3.87. The minimum absolute atomic E-state index is 0.0343. The third-order valence-electron chi connectivity index (χ3n) is 3.37. The second-order valence-corrected chi connectivity index (χ2v) is 6.16. The molecule has 0 saturated heterocycles. The first kappa shape index (κ1) is 18.6. The van der Waals surface area contributed by atoms with Gasteiger partial charge in [-0.15, -0.1) is 5.10 Å². The van der Waals surface area contributed by atoms with Gasteiger partial charge in [-0.25, -0.2) is 4.79 Å². The summed E-state index contributed by atoms with van der Waals surface area (Å²) in [7, 11) is 0. The van der Waals surface area contributed by atoms with Crippen molar-refractivity contribution in [3.05, 3.63) is 52.5 Å². The number of anilines is 2. The molecule has 140 valence electrons. The Hall–Kier alpha value is -3.15. The number of tetrazole rings is 1. The summed E-state index contributed by atoms with van der Waals surface area (Å²) in [6.07, 6.45) is -4.52. The van der Waals surface area contributed by atoms with Crippen molar-refractivity contribution in [1.82, 2.24) is 20.4 Å². The molecule has 12 heteroatoms. The molecule has 0 fully saturated rings. The number of aromatic nitrogens is 4. The van der Waals surface area contributed by atoms with Crippen LogP contribution in [0.4, 0.5) is 29.3 Å². The van der Waals surface area contributed by atoms with Crippen molar-refractivity contribution in [3.63, 3.8) is 0 Å². The largest absolute Gasteiger partial charge is 0.416 e. The number of alkyl halides is 3. The van der Waals surface area contributed by atoms with E-state index in [-0.39, 0.29) is 22.8 Å². The van der Waals surface area contributed by atoms with Gasteiger partial charge >= 0.3 is 12.2 Å². The molecule has 3 aromatic rings. The van der Waals surface area contributed by atoms with Gasteiger partial charge in [-0.2, -0.15) is 13.2 Å². The van der Waals surface area contributed by atoms with E-state index in [1.807, 2.05) is 0 Å². The number of hydrogen-bond donors (Lipinski definition) is 3. The maximum Gasteiger partial charge on any atom is 0.416 e. The minimum Gasteiger partial charge on any atom is -0.409 e. The van der Waals surface area contributed by atoms with E-state index in [0.29, 0.717) is 9.32 Å². The highest BCUT2D eigenvalue weighted by molar-refractivity contribution is 9.10. The number of nitrogens with zero attached hydrogens (tertiary/aromatic N) is 4. The molecule has 0 unspecified atom stereocenters. The molecule has 0 aliphatic heterocycles. The zero-order valence-electron chi connectivity index (χ0n) is 13.2. The van der Waals surface area contributed by atoms with Gasteiger partial charge in [-0.3, -0.25) is 0 Å². The first-order valence-electron chi connectivity index (χ1n) is 7.27. The highest BCUT2D eigenvalue weighted by Crippen LogP contribution is 2.31. The fourth-order valence-corrected chi connectivity index (χ4v) is 2.57. The highest BCUT2D eigenvalue weighted by atomic mass is 79.9. The number of halogens is 4. The molecule has 1 aromatic heterocycles. The van der Waals surface area contributed by atoms with E-state index in [9.17, 15) is 23.2 Å². The monoisotopic (exact) mass is 442 g/mol. The van der Waals surface area contributed by atoms with Crippen molar-refractivity contribution in [2.75, 3.05) is 10.6 Å². The van der Waals surface area contributed by atoms with Crippen LogP contribution in [-0.2, 0) is 6.18 Å². The fourth-order valence-electron chi connectivity index (χ4n) is 2.21. The molecule has 0 spiro atoms. The molecule has 0 atom stereocenters. The van der Waals surface area contributed by atoms with E-state index in [4.69, 9.17) is 0 Å². The maximum atomic E-state index is 12.8. The molecular weight excluding hydrogens is 433 g/mol. The molecule has 0 saturated carbocycles.